The molecule has 0 aromatic rings. The number of esters is 3. The van der Waals surface area contributed by atoms with E-state index in [0.717, 1.165) is 49.2 Å². The van der Waals surface area contributed by atoms with E-state index in [4.69, 9.17) is 24.2 Å². The van der Waals surface area contributed by atoms with Crippen LogP contribution in [-0.4, -0.2) is 81.1 Å². The average Bonchev–Trinajstić information content (AvgIpc) is 2.97. The maximum Gasteiger partial charge on any atom is 0.418 e. The Morgan fingerprint density at radius 3 is 1.98 bits per heavy atom. The van der Waals surface area contributed by atoms with Crippen LogP contribution in [0.5, 0.6) is 0 Å². The van der Waals surface area contributed by atoms with Gasteiger partial charge in [-0.05, 0) is 32.1 Å². The summed E-state index contributed by atoms with van der Waals surface area (Å²) in [5.74, 6) is -1.86. The summed E-state index contributed by atoms with van der Waals surface area (Å²) in [6.07, 6.45) is 9.28. The second kappa shape index (κ2) is 24.9. The molecule has 0 rings (SSSR count). The summed E-state index contributed by atoms with van der Waals surface area (Å²) in [4.78, 5) is 60.2. The topological polar surface area (TPSA) is 171 Å². The predicted molar refractivity (Wildman–Crippen MR) is 147 cm³/mol. The summed E-state index contributed by atoms with van der Waals surface area (Å²) in [7, 11) is 0. The minimum atomic E-state index is -0.843. The lowest BCUT2D eigenvalue weighted by atomic mass is 10.0. The molecule has 0 bridgehead atoms. The van der Waals surface area contributed by atoms with Crippen LogP contribution in [0, 0.1) is 17.4 Å². The van der Waals surface area contributed by atoms with E-state index < -0.39 is 24.1 Å². The molecule has 0 aromatic heterocycles. The zero-order chi connectivity index (χ0) is 30.7. The smallest absolute Gasteiger partial charge is 0.418 e. The fourth-order valence-corrected chi connectivity index (χ4v) is 3.35. The molecule has 0 aliphatic carbocycles. The first-order valence-corrected chi connectivity index (χ1v) is 13.7. The molecular formula is C28H43N3O10. The molecule has 0 radical (unpaired) electrons. The lowest BCUT2D eigenvalue weighted by molar-refractivity contribution is -0.153. The van der Waals surface area contributed by atoms with Gasteiger partial charge >= 0.3 is 30.0 Å². The van der Waals surface area contributed by atoms with E-state index in [0.29, 0.717) is 38.8 Å². The van der Waals surface area contributed by atoms with Crippen molar-refractivity contribution in [1.29, 1.82) is 5.26 Å². The van der Waals surface area contributed by atoms with E-state index >= 15 is 0 Å². The fourth-order valence-electron chi connectivity index (χ4n) is 3.35. The van der Waals surface area contributed by atoms with Crippen molar-refractivity contribution in [3.8, 4) is 6.26 Å². The Labute approximate surface area is 241 Å². The third-order valence-electron chi connectivity index (χ3n) is 5.61. The summed E-state index contributed by atoms with van der Waals surface area (Å²) in [6.45, 7) is 8.75. The van der Waals surface area contributed by atoms with E-state index in [2.05, 4.69) is 23.2 Å². The Hall–Kier alpha value is -4.08. The molecule has 0 saturated heterocycles. The molecule has 0 spiro atoms. The number of carbonyl (C=O) groups is 5. The number of urea groups is 1. The molecule has 0 aliphatic heterocycles. The number of nitrogens with one attached hydrogen (secondary N) is 1. The monoisotopic (exact) mass is 581 g/mol. The summed E-state index contributed by atoms with van der Waals surface area (Å²) >= 11 is 0. The molecule has 41 heavy (non-hydrogen) atoms. The first kappa shape index (κ1) is 36.9. The van der Waals surface area contributed by atoms with Crippen LogP contribution in [0.2, 0.25) is 0 Å². The van der Waals surface area contributed by atoms with Crippen LogP contribution in [0.25, 0.3) is 0 Å². The Morgan fingerprint density at radius 1 is 0.780 bits per heavy atom. The van der Waals surface area contributed by atoms with Crippen LogP contribution < -0.4 is 5.32 Å². The minimum absolute atomic E-state index is 0.00687. The lowest BCUT2D eigenvalue weighted by Gasteiger charge is -2.21. The Bertz CT molecular complexity index is 872. The molecule has 0 aliphatic rings. The predicted octanol–water partition coefficient (Wildman–Crippen LogP) is 3.78. The molecule has 0 saturated carbocycles. The van der Waals surface area contributed by atoms with Crippen molar-refractivity contribution in [2.75, 3.05) is 46.1 Å². The molecule has 1 N–H and O–H groups in total. The first-order valence-electron chi connectivity index (χ1n) is 13.7. The highest BCUT2D eigenvalue weighted by atomic mass is 16.6. The van der Waals surface area contributed by atoms with Crippen molar-refractivity contribution < 1.29 is 47.7 Å². The highest BCUT2D eigenvalue weighted by molar-refractivity contribution is 5.90. The highest BCUT2D eigenvalue weighted by Crippen LogP contribution is 2.12. The van der Waals surface area contributed by atoms with Gasteiger partial charge in [0.1, 0.15) is 33.0 Å². The molecule has 0 aromatic carbocycles. The normalized spacial score (nSPS) is 10.7. The number of unbranched alkanes of at least 4 members (excludes halogenated alkanes) is 6. The fraction of sp³-hybridized carbons (Fsp3) is 0.643. The van der Waals surface area contributed by atoms with Crippen LogP contribution >= 0.6 is 0 Å². The van der Waals surface area contributed by atoms with Gasteiger partial charge in [-0.25, -0.2) is 24.1 Å². The molecule has 1 unspecified atom stereocenters. The van der Waals surface area contributed by atoms with Gasteiger partial charge in [0.15, 0.2) is 0 Å². The van der Waals surface area contributed by atoms with Gasteiger partial charge in [0.25, 0.3) is 6.26 Å². The summed E-state index contributed by atoms with van der Waals surface area (Å²) in [6, 6.07) is -0.582. The van der Waals surface area contributed by atoms with Gasteiger partial charge in [0.05, 0.1) is 5.92 Å². The van der Waals surface area contributed by atoms with Gasteiger partial charge in [-0.15, -0.1) is 0 Å². The number of imide groups is 1. The number of nitrogens with zero attached hydrogens (tertiary/aromatic N) is 2. The first-order chi connectivity index (χ1) is 19.8. The number of carbonyl (C=O) groups excluding carboxylic acids is 5. The summed E-state index contributed by atoms with van der Waals surface area (Å²) < 4.78 is 24.3. The molecular weight excluding hydrogens is 538 g/mol. The Kier molecular flexibility index (Phi) is 22.4. The average molecular weight is 582 g/mol. The Morgan fingerprint density at radius 2 is 1.34 bits per heavy atom. The quantitative estimate of drug-likeness (QED) is 0.0612. The highest BCUT2D eigenvalue weighted by Gasteiger charge is 2.22. The van der Waals surface area contributed by atoms with E-state index in [-0.39, 0.29) is 44.9 Å². The lowest BCUT2D eigenvalue weighted by Crippen LogP contribution is -2.45. The SMILES string of the molecule is C=CC(=O)OCCOC(=O)C(C)CCCCCCNC(=O)N(CCCCCCOC#N)C(=O)OCCOC(=O)C=C. The maximum absolute atomic E-state index is 12.7. The minimum Gasteiger partial charge on any atom is -0.462 e. The second-order valence-electron chi connectivity index (χ2n) is 8.87. The van der Waals surface area contributed by atoms with Crippen molar-refractivity contribution in [3.05, 3.63) is 25.3 Å². The largest absolute Gasteiger partial charge is 0.462 e. The van der Waals surface area contributed by atoms with Gasteiger partial charge in [-0.2, -0.15) is 5.26 Å². The summed E-state index contributed by atoms with van der Waals surface area (Å²) in [5, 5.41) is 11.1. The molecule has 13 heteroatoms. The third kappa shape index (κ3) is 20.5. The number of hydrogen-bond acceptors (Lipinski definition) is 11. The van der Waals surface area contributed by atoms with E-state index in [1.54, 1.807) is 13.2 Å². The van der Waals surface area contributed by atoms with Crippen molar-refractivity contribution >= 4 is 30.0 Å². The number of amides is 3. The van der Waals surface area contributed by atoms with Gasteiger partial charge in [0, 0.05) is 25.2 Å². The number of nitriles is 1. The van der Waals surface area contributed by atoms with Gasteiger partial charge < -0.3 is 29.0 Å². The van der Waals surface area contributed by atoms with Crippen LogP contribution in [0.3, 0.4) is 0 Å². The van der Waals surface area contributed by atoms with Gasteiger partial charge in [-0.1, -0.05) is 45.8 Å². The zero-order valence-corrected chi connectivity index (χ0v) is 23.9. The maximum atomic E-state index is 12.7. The van der Waals surface area contributed by atoms with Crippen molar-refractivity contribution in [2.24, 2.45) is 5.92 Å². The van der Waals surface area contributed by atoms with E-state index in [1.165, 1.54) is 0 Å². The number of ether oxygens (including phenoxy) is 5. The Balaban J connectivity index is 4.33. The zero-order valence-electron chi connectivity index (χ0n) is 23.9. The molecule has 230 valence electrons. The van der Waals surface area contributed by atoms with Crippen molar-refractivity contribution in [3.63, 3.8) is 0 Å². The van der Waals surface area contributed by atoms with Crippen molar-refractivity contribution in [1.82, 2.24) is 10.2 Å². The van der Waals surface area contributed by atoms with Gasteiger partial charge in [0.2, 0.25) is 0 Å². The molecule has 0 fully saturated rings. The summed E-state index contributed by atoms with van der Waals surface area (Å²) in [5.41, 5.74) is 0. The van der Waals surface area contributed by atoms with Crippen LogP contribution in [-0.2, 0) is 38.1 Å². The molecule has 3 amide bonds. The molecule has 0 heterocycles. The van der Waals surface area contributed by atoms with E-state index in [9.17, 15) is 24.0 Å². The number of rotatable bonds is 23. The van der Waals surface area contributed by atoms with Crippen LogP contribution in [0.4, 0.5) is 9.59 Å². The molecule has 1 atom stereocenters. The van der Waals surface area contributed by atoms with Gasteiger partial charge in [-0.3, -0.25) is 4.79 Å². The third-order valence-corrected chi connectivity index (χ3v) is 5.61. The second-order valence-corrected chi connectivity index (χ2v) is 8.87. The van der Waals surface area contributed by atoms with Crippen molar-refractivity contribution in [2.45, 2.75) is 64.7 Å². The van der Waals surface area contributed by atoms with Crippen LogP contribution in [0.15, 0.2) is 25.3 Å². The number of hydrogen-bond donors (Lipinski definition) is 1. The van der Waals surface area contributed by atoms with Crippen LogP contribution in [0.1, 0.15) is 64.7 Å². The van der Waals surface area contributed by atoms with E-state index in [1.807, 2.05) is 0 Å². The molecule has 13 nitrogen and oxygen atoms in total. The standard InChI is InChI=1S/C28H43N3O10/c1-4-24(32)38-18-20-40-26(34)23(3)14-10-6-7-11-15-30-27(35)31(16-12-8-9-13-17-37-22-29)28(36)41-21-19-39-25(33)5-2/h4-5,23H,1-2,6-21H2,3H3,(H,30,35).